The average Bonchev–Trinajstić information content (AvgIpc) is 2.72. The van der Waals surface area contributed by atoms with Crippen LogP contribution in [0.1, 0.15) is 30.9 Å². The van der Waals surface area contributed by atoms with E-state index in [1.54, 1.807) is 24.0 Å². The zero-order valence-electron chi connectivity index (χ0n) is 17.1. The molecule has 0 bridgehead atoms. The summed E-state index contributed by atoms with van der Waals surface area (Å²) >= 11 is 6.19. The van der Waals surface area contributed by atoms with E-state index in [4.69, 9.17) is 21.1 Å². The van der Waals surface area contributed by atoms with Crippen LogP contribution in [0.5, 0.6) is 11.6 Å². The highest BCUT2D eigenvalue weighted by molar-refractivity contribution is 6.32. The Morgan fingerprint density at radius 2 is 2.03 bits per heavy atom. The maximum Gasteiger partial charge on any atom is 0.373 e. The number of nitro groups is 1. The minimum atomic E-state index is -0.561. The Bertz CT molecular complexity index is 945. The van der Waals surface area contributed by atoms with E-state index in [1.165, 1.54) is 6.33 Å². The summed E-state index contributed by atoms with van der Waals surface area (Å²) in [4.78, 5) is 33.3. The van der Waals surface area contributed by atoms with E-state index in [9.17, 15) is 14.9 Å². The molecular weight excluding hydrogens is 412 g/mol. The molecule has 0 amide bonds. The van der Waals surface area contributed by atoms with Gasteiger partial charge in [-0.1, -0.05) is 11.6 Å². The summed E-state index contributed by atoms with van der Waals surface area (Å²) in [7, 11) is 0. The van der Waals surface area contributed by atoms with E-state index in [0.29, 0.717) is 36.8 Å². The number of ether oxygens (including phenoxy) is 2. The van der Waals surface area contributed by atoms with Crippen molar-refractivity contribution < 1.29 is 19.2 Å². The third-order valence-corrected chi connectivity index (χ3v) is 5.51. The van der Waals surface area contributed by atoms with Crippen LogP contribution in [-0.2, 0) is 9.53 Å². The number of aromatic nitrogens is 2. The first-order valence-electron chi connectivity index (χ1n) is 9.67. The minimum absolute atomic E-state index is 0.126. The first kappa shape index (κ1) is 21.8. The highest BCUT2D eigenvalue weighted by Gasteiger charge is 2.34. The van der Waals surface area contributed by atoms with Crippen molar-refractivity contribution in [2.45, 2.75) is 33.6 Å². The molecule has 0 aliphatic carbocycles. The first-order chi connectivity index (χ1) is 14.3. The van der Waals surface area contributed by atoms with Crippen molar-refractivity contribution in [2.24, 2.45) is 5.92 Å². The van der Waals surface area contributed by atoms with Gasteiger partial charge in [0.1, 0.15) is 12.1 Å². The van der Waals surface area contributed by atoms with Crippen molar-refractivity contribution >= 4 is 29.1 Å². The lowest BCUT2D eigenvalue weighted by atomic mass is 9.98. The molecule has 0 spiro atoms. The van der Waals surface area contributed by atoms with Crippen molar-refractivity contribution in [3.05, 3.63) is 44.7 Å². The summed E-state index contributed by atoms with van der Waals surface area (Å²) in [6.45, 7) is 6.51. The van der Waals surface area contributed by atoms with Gasteiger partial charge >= 0.3 is 17.5 Å². The van der Waals surface area contributed by atoms with Gasteiger partial charge in [0, 0.05) is 18.1 Å². The predicted molar refractivity (Wildman–Crippen MR) is 111 cm³/mol. The summed E-state index contributed by atoms with van der Waals surface area (Å²) in [6, 6.07) is 3.39. The Labute approximate surface area is 179 Å². The fourth-order valence-corrected chi connectivity index (χ4v) is 3.63. The molecule has 1 unspecified atom stereocenters. The van der Waals surface area contributed by atoms with Crippen molar-refractivity contribution in [1.82, 2.24) is 9.97 Å². The quantitative estimate of drug-likeness (QED) is 0.377. The highest BCUT2D eigenvalue weighted by atomic mass is 35.5. The van der Waals surface area contributed by atoms with Crippen LogP contribution in [-0.4, -0.2) is 40.6 Å². The second-order valence-corrected chi connectivity index (χ2v) is 7.50. The van der Waals surface area contributed by atoms with Gasteiger partial charge in [0.15, 0.2) is 0 Å². The zero-order chi connectivity index (χ0) is 21.8. The Hall–Kier alpha value is -2.94. The summed E-state index contributed by atoms with van der Waals surface area (Å²) in [5.74, 6) is -0.308. The monoisotopic (exact) mass is 434 g/mol. The van der Waals surface area contributed by atoms with Crippen LogP contribution in [0.4, 0.5) is 11.5 Å². The maximum absolute atomic E-state index is 12.1. The molecule has 9 nitrogen and oxygen atoms in total. The third-order valence-electron chi connectivity index (χ3n) is 4.92. The topological polar surface area (TPSA) is 108 Å². The van der Waals surface area contributed by atoms with E-state index < -0.39 is 4.92 Å². The van der Waals surface area contributed by atoms with Crippen LogP contribution >= 0.6 is 11.6 Å². The second kappa shape index (κ2) is 9.25. The molecule has 10 heteroatoms. The molecule has 1 fully saturated rings. The minimum Gasteiger partial charge on any atom is -0.466 e. The molecule has 2 heterocycles. The Balaban J connectivity index is 1.93. The molecule has 1 aromatic carbocycles. The van der Waals surface area contributed by atoms with Crippen LogP contribution < -0.4 is 9.64 Å². The number of halogens is 1. The van der Waals surface area contributed by atoms with Crippen molar-refractivity contribution in [1.29, 1.82) is 0 Å². The van der Waals surface area contributed by atoms with Crippen LogP contribution in [0.3, 0.4) is 0 Å². The van der Waals surface area contributed by atoms with Gasteiger partial charge in [0.25, 0.3) is 0 Å². The number of esters is 1. The number of benzene rings is 1. The van der Waals surface area contributed by atoms with E-state index in [-0.39, 0.29) is 35.8 Å². The van der Waals surface area contributed by atoms with Gasteiger partial charge in [0.2, 0.25) is 5.82 Å². The lowest BCUT2D eigenvalue weighted by Crippen LogP contribution is -2.40. The molecule has 0 radical (unpaired) electrons. The molecule has 30 heavy (non-hydrogen) atoms. The smallest absolute Gasteiger partial charge is 0.373 e. The fourth-order valence-electron chi connectivity index (χ4n) is 3.52. The molecule has 1 aromatic heterocycles. The molecule has 1 aliphatic heterocycles. The molecule has 1 atom stereocenters. The molecule has 3 rings (SSSR count). The average molecular weight is 435 g/mol. The zero-order valence-corrected chi connectivity index (χ0v) is 17.8. The van der Waals surface area contributed by atoms with Crippen molar-refractivity contribution in [3.63, 3.8) is 0 Å². The Kier molecular flexibility index (Phi) is 6.71. The lowest BCUT2D eigenvalue weighted by molar-refractivity contribution is -0.385. The van der Waals surface area contributed by atoms with Gasteiger partial charge < -0.3 is 14.4 Å². The summed E-state index contributed by atoms with van der Waals surface area (Å²) < 4.78 is 10.9. The normalized spacial score (nSPS) is 16.3. The number of carbonyl (C=O) groups excluding carboxylic acids is 1. The van der Waals surface area contributed by atoms with E-state index in [1.807, 2.05) is 13.8 Å². The van der Waals surface area contributed by atoms with Crippen molar-refractivity contribution in [3.8, 4) is 11.6 Å². The number of carbonyl (C=O) groups is 1. The molecule has 0 saturated carbocycles. The number of piperidine rings is 1. The number of rotatable bonds is 6. The van der Waals surface area contributed by atoms with Gasteiger partial charge in [-0.05, 0) is 56.9 Å². The van der Waals surface area contributed by atoms with E-state index in [2.05, 4.69) is 9.97 Å². The van der Waals surface area contributed by atoms with Crippen LogP contribution in [0.15, 0.2) is 18.5 Å². The molecule has 160 valence electrons. The van der Waals surface area contributed by atoms with E-state index >= 15 is 0 Å². The standard InChI is InChI=1S/C20H23ClN4O5/c1-4-29-20(26)14-6-5-7-24(10-14)18-17(25(27)28)19(23-11-22-18)30-15-8-12(2)16(21)13(3)9-15/h8-9,11,14H,4-7,10H2,1-3H3. The fraction of sp³-hybridized carbons (Fsp3) is 0.450. The lowest BCUT2D eigenvalue weighted by Gasteiger charge is -2.31. The number of aryl methyl sites for hydroxylation is 2. The Morgan fingerprint density at radius 1 is 1.33 bits per heavy atom. The van der Waals surface area contributed by atoms with Gasteiger partial charge in [0.05, 0.1) is 17.4 Å². The summed E-state index contributed by atoms with van der Waals surface area (Å²) in [5, 5.41) is 12.5. The third kappa shape index (κ3) is 4.62. The van der Waals surface area contributed by atoms with Gasteiger partial charge in [-0.3, -0.25) is 14.9 Å². The number of hydrogen-bond acceptors (Lipinski definition) is 8. The summed E-state index contributed by atoms with van der Waals surface area (Å²) in [6.07, 6.45) is 2.58. The molecule has 1 aliphatic rings. The van der Waals surface area contributed by atoms with E-state index in [0.717, 1.165) is 11.1 Å². The van der Waals surface area contributed by atoms with Crippen LogP contribution in [0.2, 0.25) is 5.02 Å². The van der Waals surface area contributed by atoms with Crippen molar-refractivity contribution in [2.75, 3.05) is 24.6 Å². The van der Waals surface area contributed by atoms with Gasteiger partial charge in [-0.15, -0.1) is 0 Å². The number of hydrogen-bond donors (Lipinski definition) is 0. The van der Waals surface area contributed by atoms with Gasteiger partial charge in [-0.2, -0.15) is 4.98 Å². The second-order valence-electron chi connectivity index (χ2n) is 7.12. The molecule has 2 aromatic rings. The first-order valence-corrected chi connectivity index (χ1v) is 10.0. The number of anilines is 1. The highest BCUT2D eigenvalue weighted by Crippen LogP contribution is 2.38. The molecular formula is C20H23ClN4O5. The molecule has 0 N–H and O–H groups in total. The number of nitrogens with zero attached hydrogens (tertiary/aromatic N) is 4. The molecule has 1 saturated heterocycles. The maximum atomic E-state index is 12.1. The largest absolute Gasteiger partial charge is 0.466 e. The van der Waals surface area contributed by atoms with Crippen LogP contribution in [0, 0.1) is 29.9 Å². The van der Waals surface area contributed by atoms with Gasteiger partial charge in [-0.25, -0.2) is 4.98 Å². The van der Waals surface area contributed by atoms with Crippen LogP contribution in [0.25, 0.3) is 0 Å². The SMILES string of the molecule is CCOC(=O)C1CCCN(c2ncnc(Oc3cc(C)c(Cl)c(C)c3)c2[N+](=O)[O-])C1. The summed E-state index contributed by atoms with van der Waals surface area (Å²) in [5.41, 5.74) is 1.24. The predicted octanol–water partition coefficient (Wildman–Crippen LogP) is 4.23. The Morgan fingerprint density at radius 3 is 2.67 bits per heavy atom.